The highest BCUT2D eigenvalue weighted by Crippen LogP contribution is 2.46. The van der Waals surface area contributed by atoms with E-state index in [1.807, 2.05) is 6.92 Å². The van der Waals surface area contributed by atoms with Crippen LogP contribution in [0.2, 0.25) is 0 Å². The number of hydrogen-bond donors (Lipinski definition) is 0. The minimum Gasteiger partial charge on any atom is -0.358 e. The van der Waals surface area contributed by atoms with Crippen LogP contribution in [0.1, 0.15) is 6.92 Å². The predicted octanol–water partition coefficient (Wildman–Crippen LogP) is 0.119. The Labute approximate surface area is 65.4 Å². The molecule has 0 radical (unpaired) electrons. The quantitative estimate of drug-likeness (QED) is 0.538. The van der Waals surface area contributed by atoms with Crippen molar-refractivity contribution in [2.45, 2.75) is 31.2 Å². The lowest BCUT2D eigenvalue weighted by molar-refractivity contribution is -0.283. The molecule has 0 aromatic heterocycles. The third-order valence-corrected chi connectivity index (χ3v) is 2.30. The third-order valence-electron chi connectivity index (χ3n) is 2.30. The van der Waals surface area contributed by atoms with E-state index < -0.39 is 5.79 Å². The largest absolute Gasteiger partial charge is 0.358 e. The highest BCUT2D eigenvalue weighted by Gasteiger charge is 2.65. The minimum atomic E-state index is -0.606. The number of ether oxygens (including phenoxy) is 4. The van der Waals surface area contributed by atoms with E-state index in [4.69, 9.17) is 18.9 Å². The maximum atomic E-state index is 5.44. The fourth-order valence-corrected chi connectivity index (χ4v) is 1.46. The minimum absolute atomic E-state index is 0.0532. The van der Waals surface area contributed by atoms with Gasteiger partial charge in [-0.2, -0.15) is 0 Å². The molecule has 4 atom stereocenters. The number of hydrogen-bond acceptors (Lipinski definition) is 4. The average molecular weight is 160 g/mol. The molecule has 11 heavy (non-hydrogen) atoms. The molecular formula is C7H12O4. The molecule has 4 heteroatoms. The summed E-state index contributed by atoms with van der Waals surface area (Å²) in [5.41, 5.74) is 0. The Balaban J connectivity index is 2.08. The van der Waals surface area contributed by atoms with E-state index in [1.165, 1.54) is 0 Å². The number of fused-ring (bicyclic) bond motifs is 1. The van der Waals surface area contributed by atoms with Crippen molar-refractivity contribution in [3.63, 3.8) is 0 Å². The lowest BCUT2D eigenvalue weighted by atomic mass is 10.2. The molecular weight excluding hydrogens is 148 g/mol. The lowest BCUT2D eigenvalue weighted by Gasteiger charge is -2.24. The van der Waals surface area contributed by atoms with Crippen molar-refractivity contribution in [2.75, 3.05) is 14.2 Å². The van der Waals surface area contributed by atoms with E-state index >= 15 is 0 Å². The summed E-state index contributed by atoms with van der Waals surface area (Å²) in [6.07, 6.45) is -0.132. The normalized spacial score (nSPS) is 54.3. The molecule has 64 valence electrons. The molecule has 0 saturated carbocycles. The molecule has 2 fully saturated rings. The molecule has 2 heterocycles. The van der Waals surface area contributed by atoms with Gasteiger partial charge in [0.25, 0.3) is 0 Å². The second-order valence-electron chi connectivity index (χ2n) is 2.96. The van der Waals surface area contributed by atoms with E-state index in [9.17, 15) is 0 Å². The molecule has 4 nitrogen and oxygen atoms in total. The topological polar surface area (TPSA) is 40.2 Å². The zero-order valence-corrected chi connectivity index (χ0v) is 6.87. The average Bonchev–Trinajstić information content (AvgIpc) is 2.75. The number of methoxy groups -OCH3 is 2. The molecule has 4 unspecified atom stereocenters. The van der Waals surface area contributed by atoms with Crippen LogP contribution in [0.25, 0.3) is 0 Å². The number of epoxide rings is 1. The molecule has 2 saturated heterocycles. The summed E-state index contributed by atoms with van der Waals surface area (Å²) in [6.45, 7) is 1.86. The lowest BCUT2D eigenvalue weighted by Crippen LogP contribution is -2.35. The standard InChI is InChI=1S/C7H12O4/c1-7(9-3)5-4(10-5)6(8-2)11-7/h4-6H,1-3H3. The molecule has 0 aliphatic carbocycles. The van der Waals surface area contributed by atoms with Crippen LogP contribution in [0.15, 0.2) is 0 Å². The first-order valence-electron chi connectivity index (χ1n) is 3.62. The Hall–Kier alpha value is -0.160. The monoisotopic (exact) mass is 160 g/mol. The molecule has 0 aromatic rings. The summed E-state index contributed by atoms with van der Waals surface area (Å²) >= 11 is 0. The van der Waals surface area contributed by atoms with Crippen LogP contribution < -0.4 is 0 Å². The SMILES string of the molecule is COC1OC(C)(OC)C2OC12. The highest BCUT2D eigenvalue weighted by atomic mass is 16.8. The predicted molar refractivity (Wildman–Crippen MR) is 36.0 cm³/mol. The summed E-state index contributed by atoms with van der Waals surface area (Å²) in [5.74, 6) is -0.606. The smallest absolute Gasteiger partial charge is 0.197 e. The van der Waals surface area contributed by atoms with Crippen molar-refractivity contribution >= 4 is 0 Å². The first-order chi connectivity index (χ1) is 5.21. The van der Waals surface area contributed by atoms with Crippen LogP contribution in [-0.2, 0) is 18.9 Å². The molecule has 0 aromatic carbocycles. The van der Waals surface area contributed by atoms with Gasteiger partial charge in [-0.25, -0.2) is 0 Å². The van der Waals surface area contributed by atoms with Crippen molar-refractivity contribution in [3.05, 3.63) is 0 Å². The van der Waals surface area contributed by atoms with Crippen LogP contribution in [0.5, 0.6) is 0 Å². The Bertz CT molecular complexity index is 170. The molecule has 2 rings (SSSR count). The summed E-state index contributed by atoms with van der Waals surface area (Å²) in [7, 11) is 3.21. The first-order valence-corrected chi connectivity index (χ1v) is 3.62. The van der Waals surface area contributed by atoms with Crippen molar-refractivity contribution in [1.82, 2.24) is 0 Å². The fraction of sp³-hybridized carbons (Fsp3) is 1.00. The van der Waals surface area contributed by atoms with E-state index in [0.29, 0.717) is 0 Å². The van der Waals surface area contributed by atoms with Crippen molar-refractivity contribution < 1.29 is 18.9 Å². The van der Waals surface area contributed by atoms with Crippen LogP contribution in [0.4, 0.5) is 0 Å². The van der Waals surface area contributed by atoms with Gasteiger partial charge in [0.15, 0.2) is 12.1 Å². The zero-order chi connectivity index (χ0) is 8.06. The van der Waals surface area contributed by atoms with Crippen molar-refractivity contribution in [2.24, 2.45) is 0 Å². The molecule has 0 amide bonds. The van der Waals surface area contributed by atoms with Gasteiger partial charge in [0.1, 0.15) is 12.2 Å². The number of rotatable bonds is 2. The van der Waals surface area contributed by atoms with Gasteiger partial charge < -0.3 is 18.9 Å². The van der Waals surface area contributed by atoms with Gasteiger partial charge in [0, 0.05) is 14.2 Å². The van der Waals surface area contributed by atoms with E-state index in [1.54, 1.807) is 14.2 Å². The maximum absolute atomic E-state index is 5.44. The van der Waals surface area contributed by atoms with Crippen molar-refractivity contribution in [3.8, 4) is 0 Å². The highest BCUT2D eigenvalue weighted by molar-refractivity contribution is 5.03. The van der Waals surface area contributed by atoms with Gasteiger partial charge in [0.2, 0.25) is 0 Å². The van der Waals surface area contributed by atoms with Crippen LogP contribution in [0, 0.1) is 0 Å². The van der Waals surface area contributed by atoms with Gasteiger partial charge in [-0.1, -0.05) is 0 Å². The van der Waals surface area contributed by atoms with Crippen LogP contribution >= 0.6 is 0 Å². The van der Waals surface area contributed by atoms with E-state index in [-0.39, 0.29) is 18.5 Å². The molecule has 2 aliphatic rings. The first kappa shape index (κ1) is 7.49. The van der Waals surface area contributed by atoms with Crippen molar-refractivity contribution in [1.29, 1.82) is 0 Å². The van der Waals surface area contributed by atoms with Crippen LogP contribution in [0.3, 0.4) is 0 Å². The van der Waals surface area contributed by atoms with Gasteiger partial charge in [-0.3, -0.25) is 0 Å². The van der Waals surface area contributed by atoms with E-state index in [0.717, 1.165) is 0 Å². The Kier molecular flexibility index (Phi) is 1.47. The molecule has 0 bridgehead atoms. The molecule has 0 N–H and O–H groups in total. The molecule has 0 spiro atoms. The second-order valence-corrected chi connectivity index (χ2v) is 2.96. The molecule has 2 aliphatic heterocycles. The van der Waals surface area contributed by atoms with Gasteiger partial charge in [0.05, 0.1) is 0 Å². The maximum Gasteiger partial charge on any atom is 0.197 e. The summed E-state index contributed by atoms with van der Waals surface area (Å²) in [6, 6.07) is 0. The Morgan fingerprint density at radius 2 is 2.09 bits per heavy atom. The second kappa shape index (κ2) is 2.17. The fourth-order valence-electron chi connectivity index (χ4n) is 1.46. The summed E-state index contributed by atoms with van der Waals surface area (Å²) < 4.78 is 20.9. The Morgan fingerprint density at radius 1 is 1.36 bits per heavy atom. The summed E-state index contributed by atoms with van der Waals surface area (Å²) in [4.78, 5) is 0. The third kappa shape index (κ3) is 0.906. The van der Waals surface area contributed by atoms with Crippen LogP contribution in [-0.4, -0.2) is 38.5 Å². The summed E-state index contributed by atoms with van der Waals surface area (Å²) in [5, 5.41) is 0. The van der Waals surface area contributed by atoms with Gasteiger partial charge in [-0.05, 0) is 6.92 Å². The van der Waals surface area contributed by atoms with E-state index in [2.05, 4.69) is 0 Å². The van der Waals surface area contributed by atoms with Gasteiger partial charge >= 0.3 is 0 Å². The zero-order valence-electron chi connectivity index (χ0n) is 6.87. The Morgan fingerprint density at radius 3 is 2.45 bits per heavy atom. The van der Waals surface area contributed by atoms with Gasteiger partial charge in [-0.15, -0.1) is 0 Å².